The minimum atomic E-state index is -0.804. The average molecular weight is 172 g/mol. The predicted molar refractivity (Wildman–Crippen MR) is 40.5 cm³/mol. The fraction of sp³-hybridized carbons (Fsp3) is 0.750. The van der Waals surface area contributed by atoms with Crippen molar-refractivity contribution in [2.45, 2.75) is 19.3 Å². The molecule has 1 saturated carbocycles. The summed E-state index contributed by atoms with van der Waals surface area (Å²) in [5.41, 5.74) is 0. The lowest BCUT2D eigenvalue weighted by Crippen LogP contribution is -2.15. The Morgan fingerprint density at radius 3 is 2.33 bits per heavy atom. The number of rotatable bonds is 2. The van der Waals surface area contributed by atoms with Crippen molar-refractivity contribution in [3.05, 3.63) is 0 Å². The van der Waals surface area contributed by atoms with Gasteiger partial charge in [0.25, 0.3) is 0 Å². The summed E-state index contributed by atoms with van der Waals surface area (Å²) in [5, 5.41) is 8.63. The summed E-state index contributed by atoms with van der Waals surface area (Å²) in [5.74, 6) is -1.63. The molecule has 0 aromatic carbocycles. The molecule has 1 rings (SSSR count). The largest absolute Gasteiger partial charge is 0.481 e. The molecule has 0 radical (unpaired) electrons. The van der Waals surface area contributed by atoms with Crippen LogP contribution in [0.25, 0.3) is 0 Å². The molecule has 1 aliphatic rings. The van der Waals surface area contributed by atoms with Crippen molar-refractivity contribution < 1.29 is 19.4 Å². The molecule has 0 saturated heterocycles. The lowest BCUT2D eigenvalue weighted by molar-refractivity contribution is -0.145. The van der Waals surface area contributed by atoms with Gasteiger partial charge in [-0.05, 0) is 19.3 Å². The van der Waals surface area contributed by atoms with Crippen LogP contribution < -0.4 is 0 Å². The first kappa shape index (κ1) is 9.03. The van der Waals surface area contributed by atoms with Crippen molar-refractivity contribution in [2.75, 3.05) is 7.11 Å². The Hall–Kier alpha value is -1.06. The second kappa shape index (κ2) is 3.56. The first-order valence-corrected chi connectivity index (χ1v) is 3.95. The Kier molecular flexibility index (Phi) is 2.68. The Morgan fingerprint density at radius 1 is 1.33 bits per heavy atom. The van der Waals surface area contributed by atoms with E-state index in [0.29, 0.717) is 19.3 Å². The van der Waals surface area contributed by atoms with Gasteiger partial charge in [0.05, 0.1) is 18.9 Å². The number of carboxylic acid groups (broad SMARTS) is 1. The zero-order chi connectivity index (χ0) is 9.14. The van der Waals surface area contributed by atoms with E-state index < -0.39 is 5.97 Å². The molecular weight excluding hydrogens is 160 g/mol. The molecule has 0 aliphatic heterocycles. The van der Waals surface area contributed by atoms with Crippen LogP contribution in [0.1, 0.15) is 19.3 Å². The third kappa shape index (κ3) is 1.75. The van der Waals surface area contributed by atoms with Gasteiger partial charge < -0.3 is 9.84 Å². The molecule has 1 unspecified atom stereocenters. The fourth-order valence-corrected chi connectivity index (χ4v) is 1.59. The molecule has 1 fully saturated rings. The number of carbonyl (C=O) groups excluding carboxylic acids is 1. The van der Waals surface area contributed by atoms with E-state index in [2.05, 4.69) is 4.74 Å². The van der Waals surface area contributed by atoms with E-state index in [4.69, 9.17) is 5.11 Å². The first-order valence-electron chi connectivity index (χ1n) is 3.95. The summed E-state index contributed by atoms with van der Waals surface area (Å²) < 4.78 is 4.53. The van der Waals surface area contributed by atoms with E-state index >= 15 is 0 Å². The van der Waals surface area contributed by atoms with Gasteiger partial charge >= 0.3 is 11.9 Å². The van der Waals surface area contributed by atoms with Crippen LogP contribution in [0, 0.1) is 11.8 Å². The molecule has 0 amide bonds. The topological polar surface area (TPSA) is 63.6 Å². The number of hydrogen-bond donors (Lipinski definition) is 1. The normalized spacial score (nSPS) is 28.4. The number of aliphatic carboxylic acids is 1. The number of carboxylic acids is 1. The Labute approximate surface area is 70.5 Å². The minimum absolute atomic E-state index is 0.198. The lowest BCUT2D eigenvalue weighted by atomic mass is 10.1. The van der Waals surface area contributed by atoms with Crippen molar-refractivity contribution in [1.29, 1.82) is 0 Å². The molecular formula is C8H12O4. The highest BCUT2D eigenvalue weighted by molar-refractivity contribution is 5.76. The predicted octanol–water partition coefficient (Wildman–Crippen LogP) is 0.660. The number of ether oxygens (including phenoxy) is 1. The monoisotopic (exact) mass is 172 g/mol. The van der Waals surface area contributed by atoms with Crippen molar-refractivity contribution in [3.8, 4) is 0 Å². The van der Waals surface area contributed by atoms with Gasteiger partial charge in [-0.15, -0.1) is 0 Å². The first-order chi connectivity index (χ1) is 5.65. The minimum Gasteiger partial charge on any atom is -0.481 e. The van der Waals surface area contributed by atoms with E-state index in [9.17, 15) is 9.59 Å². The fourth-order valence-electron chi connectivity index (χ4n) is 1.59. The maximum atomic E-state index is 11.0. The third-order valence-electron chi connectivity index (χ3n) is 2.32. The van der Waals surface area contributed by atoms with Gasteiger partial charge in [-0.2, -0.15) is 0 Å². The van der Waals surface area contributed by atoms with Crippen molar-refractivity contribution in [3.63, 3.8) is 0 Å². The van der Waals surface area contributed by atoms with Crippen LogP contribution >= 0.6 is 0 Å². The zero-order valence-electron chi connectivity index (χ0n) is 6.95. The van der Waals surface area contributed by atoms with Gasteiger partial charge in [0.2, 0.25) is 0 Å². The summed E-state index contributed by atoms with van der Waals surface area (Å²) in [6.45, 7) is 0. The zero-order valence-corrected chi connectivity index (χ0v) is 6.95. The second-order valence-corrected chi connectivity index (χ2v) is 3.07. The summed E-state index contributed by atoms with van der Waals surface area (Å²) in [4.78, 5) is 21.5. The van der Waals surface area contributed by atoms with Crippen molar-refractivity contribution in [2.24, 2.45) is 11.8 Å². The quantitative estimate of drug-likeness (QED) is 0.621. The summed E-state index contributed by atoms with van der Waals surface area (Å²) in [7, 11) is 1.33. The molecule has 0 spiro atoms. The van der Waals surface area contributed by atoms with E-state index in [0.717, 1.165) is 0 Å². The maximum Gasteiger partial charge on any atom is 0.308 e. The molecule has 1 aliphatic carbocycles. The van der Waals surface area contributed by atoms with Gasteiger partial charge in [0.1, 0.15) is 0 Å². The van der Waals surface area contributed by atoms with Crippen LogP contribution in [-0.2, 0) is 14.3 Å². The second-order valence-electron chi connectivity index (χ2n) is 3.07. The number of hydrogen-bond acceptors (Lipinski definition) is 3. The number of carbonyl (C=O) groups is 2. The van der Waals surface area contributed by atoms with Crippen LogP contribution in [0.4, 0.5) is 0 Å². The third-order valence-corrected chi connectivity index (χ3v) is 2.32. The molecule has 2 atom stereocenters. The molecule has 4 nitrogen and oxygen atoms in total. The van der Waals surface area contributed by atoms with Gasteiger partial charge in [-0.1, -0.05) is 0 Å². The summed E-state index contributed by atoms with van der Waals surface area (Å²) >= 11 is 0. The van der Waals surface area contributed by atoms with Gasteiger partial charge in [0.15, 0.2) is 0 Å². The Balaban J connectivity index is 2.45. The van der Waals surface area contributed by atoms with E-state index in [1.165, 1.54) is 7.11 Å². The molecule has 0 bridgehead atoms. The van der Waals surface area contributed by atoms with Gasteiger partial charge in [-0.25, -0.2) is 0 Å². The summed E-state index contributed by atoms with van der Waals surface area (Å²) in [6.07, 6.45) is 1.67. The van der Waals surface area contributed by atoms with Crippen LogP contribution in [-0.4, -0.2) is 24.2 Å². The van der Waals surface area contributed by atoms with E-state index in [1.807, 2.05) is 0 Å². The van der Waals surface area contributed by atoms with Crippen molar-refractivity contribution >= 4 is 11.9 Å². The van der Waals surface area contributed by atoms with E-state index in [-0.39, 0.29) is 17.8 Å². The molecule has 0 aromatic heterocycles. The average Bonchev–Trinajstić information content (AvgIpc) is 2.51. The Bertz CT molecular complexity index is 199. The molecule has 68 valence electrons. The van der Waals surface area contributed by atoms with E-state index in [1.54, 1.807) is 0 Å². The molecule has 1 N–H and O–H groups in total. The van der Waals surface area contributed by atoms with Crippen LogP contribution in [0.5, 0.6) is 0 Å². The molecule has 12 heavy (non-hydrogen) atoms. The number of methoxy groups -OCH3 is 1. The molecule has 4 heteroatoms. The highest BCUT2D eigenvalue weighted by Crippen LogP contribution is 2.31. The van der Waals surface area contributed by atoms with Crippen LogP contribution in [0.15, 0.2) is 0 Å². The Morgan fingerprint density at radius 2 is 1.92 bits per heavy atom. The van der Waals surface area contributed by atoms with Crippen molar-refractivity contribution in [1.82, 2.24) is 0 Å². The highest BCUT2D eigenvalue weighted by Gasteiger charge is 2.34. The number of esters is 1. The standard InChI is InChI=1S/C8H12O4/c1-12-8(11)6-3-2-5(4-6)7(9)10/h5-6H,2-4H2,1H3,(H,9,10)/t5?,6-/m0/s1. The van der Waals surface area contributed by atoms with Crippen LogP contribution in [0.2, 0.25) is 0 Å². The molecule has 0 heterocycles. The van der Waals surface area contributed by atoms with Gasteiger partial charge in [-0.3, -0.25) is 9.59 Å². The SMILES string of the molecule is COC(=O)[C@H]1CCC(C(=O)O)C1. The van der Waals surface area contributed by atoms with Crippen LogP contribution in [0.3, 0.4) is 0 Å². The summed E-state index contributed by atoms with van der Waals surface area (Å²) in [6, 6.07) is 0. The highest BCUT2D eigenvalue weighted by atomic mass is 16.5. The smallest absolute Gasteiger partial charge is 0.308 e. The van der Waals surface area contributed by atoms with Gasteiger partial charge in [0, 0.05) is 0 Å². The lowest BCUT2D eigenvalue weighted by Gasteiger charge is -2.05. The molecule has 0 aromatic rings. The maximum absolute atomic E-state index is 11.0.